The number of methoxy groups -OCH3 is 1. The first kappa shape index (κ1) is 8.17. The summed E-state index contributed by atoms with van der Waals surface area (Å²) >= 11 is 0. The number of carbonyl (C=O) groups excluding carboxylic acids is 1. The van der Waals surface area contributed by atoms with Crippen LogP contribution < -0.4 is 0 Å². The van der Waals surface area contributed by atoms with E-state index < -0.39 is 0 Å². The summed E-state index contributed by atoms with van der Waals surface area (Å²) in [5.41, 5.74) is 0. The third kappa shape index (κ3) is 3.73. The molecule has 52 valence electrons. The van der Waals surface area contributed by atoms with E-state index in [4.69, 9.17) is 5.11 Å². The van der Waals surface area contributed by atoms with Crippen molar-refractivity contribution in [3.05, 3.63) is 11.8 Å². The summed E-state index contributed by atoms with van der Waals surface area (Å²) in [5.74, 6) is -0.580. The molecule has 0 rings (SSSR count). The zero-order chi connectivity index (χ0) is 7.28. The van der Waals surface area contributed by atoms with E-state index in [9.17, 15) is 4.79 Å². The van der Waals surface area contributed by atoms with Gasteiger partial charge in [0, 0.05) is 14.0 Å². The van der Waals surface area contributed by atoms with Crippen molar-refractivity contribution in [3.8, 4) is 0 Å². The van der Waals surface area contributed by atoms with Gasteiger partial charge in [0.25, 0.3) is 0 Å². The lowest BCUT2D eigenvalue weighted by Gasteiger charge is -1.91. The molecule has 0 spiro atoms. The lowest BCUT2D eigenvalue weighted by Crippen LogP contribution is -1.96. The van der Waals surface area contributed by atoms with Gasteiger partial charge in [-0.05, 0) is 6.08 Å². The second-order valence-corrected chi connectivity index (χ2v) is 1.60. The SMILES string of the molecule is COC/C=C(\O)C(C)=O. The molecule has 0 saturated carbocycles. The number of rotatable bonds is 3. The monoisotopic (exact) mass is 130 g/mol. The number of Topliss-reactive ketones (excluding diaryl/α,β-unsaturated/α-hetero) is 1. The predicted octanol–water partition coefficient (Wildman–Crippen LogP) is 0.664. The molecule has 0 heterocycles. The molecule has 3 heteroatoms. The van der Waals surface area contributed by atoms with Gasteiger partial charge < -0.3 is 9.84 Å². The van der Waals surface area contributed by atoms with Crippen LogP contribution in [0.25, 0.3) is 0 Å². The summed E-state index contributed by atoms with van der Waals surface area (Å²) in [4.78, 5) is 10.3. The van der Waals surface area contributed by atoms with E-state index in [1.165, 1.54) is 20.1 Å². The van der Waals surface area contributed by atoms with Crippen LogP contribution in [-0.2, 0) is 9.53 Å². The molecule has 0 aromatic carbocycles. The van der Waals surface area contributed by atoms with Crippen LogP contribution in [0.2, 0.25) is 0 Å². The number of aliphatic hydroxyl groups is 1. The van der Waals surface area contributed by atoms with Crippen molar-refractivity contribution >= 4 is 5.78 Å². The van der Waals surface area contributed by atoms with Crippen LogP contribution in [0.5, 0.6) is 0 Å². The molecule has 1 N–H and O–H groups in total. The zero-order valence-electron chi connectivity index (χ0n) is 5.55. The minimum absolute atomic E-state index is 0.239. The van der Waals surface area contributed by atoms with Crippen LogP contribution in [-0.4, -0.2) is 24.6 Å². The molecule has 0 bridgehead atoms. The Labute approximate surface area is 53.9 Å². The topological polar surface area (TPSA) is 46.5 Å². The third-order valence-corrected chi connectivity index (χ3v) is 0.804. The molecule has 0 atom stereocenters. The molecule has 0 aliphatic rings. The van der Waals surface area contributed by atoms with Crippen LogP contribution >= 0.6 is 0 Å². The van der Waals surface area contributed by atoms with Crippen LogP contribution in [0.15, 0.2) is 11.8 Å². The number of ether oxygens (including phenoxy) is 1. The number of allylic oxidation sites excluding steroid dienone is 1. The smallest absolute Gasteiger partial charge is 0.193 e. The Morgan fingerprint density at radius 3 is 2.67 bits per heavy atom. The molecule has 0 aliphatic heterocycles. The normalized spacial score (nSPS) is 11.6. The van der Waals surface area contributed by atoms with E-state index in [0.29, 0.717) is 0 Å². The number of hydrogen-bond donors (Lipinski definition) is 1. The zero-order valence-corrected chi connectivity index (χ0v) is 5.55. The fraction of sp³-hybridized carbons (Fsp3) is 0.500. The summed E-state index contributed by atoms with van der Waals surface area (Å²) in [5, 5.41) is 8.69. The van der Waals surface area contributed by atoms with E-state index >= 15 is 0 Å². The minimum Gasteiger partial charge on any atom is -0.505 e. The average molecular weight is 130 g/mol. The predicted molar refractivity (Wildman–Crippen MR) is 33.3 cm³/mol. The Morgan fingerprint density at radius 2 is 2.33 bits per heavy atom. The average Bonchev–Trinajstić information content (AvgIpc) is 1.82. The lowest BCUT2D eigenvalue weighted by molar-refractivity contribution is -0.116. The van der Waals surface area contributed by atoms with Gasteiger partial charge in [-0.3, -0.25) is 4.79 Å². The molecule has 9 heavy (non-hydrogen) atoms. The largest absolute Gasteiger partial charge is 0.505 e. The van der Waals surface area contributed by atoms with E-state index in [-0.39, 0.29) is 18.1 Å². The van der Waals surface area contributed by atoms with Crippen LogP contribution in [0, 0.1) is 0 Å². The molecule has 0 aromatic rings. The summed E-state index contributed by atoms with van der Waals surface area (Å²) in [6.45, 7) is 1.56. The molecular formula is C6H10O3. The molecule has 0 amide bonds. The highest BCUT2D eigenvalue weighted by molar-refractivity contribution is 5.90. The summed E-state index contributed by atoms with van der Waals surface area (Å²) in [6.07, 6.45) is 1.32. The second kappa shape index (κ2) is 4.09. The van der Waals surface area contributed by atoms with Gasteiger partial charge in [0.1, 0.15) is 0 Å². The van der Waals surface area contributed by atoms with Crippen molar-refractivity contribution in [2.75, 3.05) is 13.7 Å². The van der Waals surface area contributed by atoms with Gasteiger partial charge in [0.05, 0.1) is 6.61 Å². The Morgan fingerprint density at radius 1 is 1.78 bits per heavy atom. The van der Waals surface area contributed by atoms with Gasteiger partial charge in [0.2, 0.25) is 0 Å². The molecule has 0 aromatic heterocycles. The third-order valence-electron chi connectivity index (χ3n) is 0.804. The van der Waals surface area contributed by atoms with E-state index in [0.717, 1.165) is 0 Å². The first-order chi connectivity index (χ1) is 4.18. The molecule has 0 radical (unpaired) electrons. The first-order valence-corrected chi connectivity index (χ1v) is 2.57. The van der Waals surface area contributed by atoms with Crippen molar-refractivity contribution in [1.29, 1.82) is 0 Å². The lowest BCUT2D eigenvalue weighted by atomic mass is 10.3. The Kier molecular flexibility index (Phi) is 3.71. The molecule has 0 saturated heterocycles. The minimum atomic E-state index is -0.341. The highest BCUT2D eigenvalue weighted by Gasteiger charge is 1.96. The molecule has 0 fully saturated rings. The maximum atomic E-state index is 10.3. The summed E-state index contributed by atoms with van der Waals surface area (Å²) < 4.78 is 4.57. The van der Waals surface area contributed by atoms with Crippen molar-refractivity contribution in [3.63, 3.8) is 0 Å². The van der Waals surface area contributed by atoms with Crippen LogP contribution in [0.3, 0.4) is 0 Å². The highest BCUT2D eigenvalue weighted by atomic mass is 16.5. The number of hydrogen-bond acceptors (Lipinski definition) is 3. The maximum absolute atomic E-state index is 10.3. The highest BCUT2D eigenvalue weighted by Crippen LogP contribution is 1.88. The molecule has 3 nitrogen and oxygen atoms in total. The molecular weight excluding hydrogens is 120 g/mol. The van der Waals surface area contributed by atoms with E-state index in [2.05, 4.69) is 4.74 Å². The van der Waals surface area contributed by atoms with E-state index in [1.54, 1.807) is 0 Å². The van der Waals surface area contributed by atoms with Gasteiger partial charge >= 0.3 is 0 Å². The van der Waals surface area contributed by atoms with Crippen LogP contribution in [0.1, 0.15) is 6.92 Å². The fourth-order valence-corrected chi connectivity index (χ4v) is 0.306. The van der Waals surface area contributed by atoms with Gasteiger partial charge in [-0.2, -0.15) is 0 Å². The maximum Gasteiger partial charge on any atom is 0.193 e. The van der Waals surface area contributed by atoms with Gasteiger partial charge in [-0.25, -0.2) is 0 Å². The quantitative estimate of drug-likeness (QED) is 0.451. The Bertz CT molecular complexity index is 126. The van der Waals surface area contributed by atoms with Crippen molar-refractivity contribution in [2.24, 2.45) is 0 Å². The molecule has 0 aliphatic carbocycles. The number of carbonyl (C=O) groups is 1. The number of aliphatic hydroxyl groups excluding tert-OH is 1. The van der Waals surface area contributed by atoms with Crippen molar-refractivity contribution in [2.45, 2.75) is 6.92 Å². The second-order valence-electron chi connectivity index (χ2n) is 1.60. The van der Waals surface area contributed by atoms with Gasteiger partial charge in [-0.1, -0.05) is 0 Å². The van der Waals surface area contributed by atoms with Gasteiger partial charge in [0.15, 0.2) is 11.5 Å². The Hall–Kier alpha value is -0.830. The van der Waals surface area contributed by atoms with Gasteiger partial charge in [-0.15, -0.1) is 0 Å². The van der Waals surface area contributed by atoms with Crippen molar-refractivity contribution in [1.82, 2.24) is 0 Å². The summed E-state index contributed by atoms with van der Waals surface area (Å²) in [7, 11) is 1.49. The fourth-order valence-electron chi connectivity index (χ4n) is 0.306. The Balaban J connectivity index is 3.69. The first-order valence-electron chi connectivity index (χ1n) is 2.57. The summed E-state index contributed by atoms with van der Waals surface area (Å²) in [6, 6.07) is 0. The standard InChI is InChI=1S/C6H10O3/c1-5(7)6(8)3-4-9-2/h3,8H,4H2,1-2H3/b6-3-. The molecule has 0 unspecified atom stereocenters. The van der Waals surface area contributed by atoms with E-state index in [1.807, 2.05) is 0 Å². The van der Waals surface area contributed by atoms with Crippen LogP contribution in [0.4, 0.5) is 0 Å². The van der Waals surface area contributed by atoms with Crippen molar-refractivity contribution < 1.29 is 14.6 Å². The number of ketones is 1.